The van der Waals surface area contributed by atoms with Crippen LogP contribution >= 0.6 is 7.82 Å². The molecule has 0 radical (unpaired) electrons. The first-order valence-corrected chi connectivity index (χ1v) is 3.98. The summed E-state index contributed by atoms with van der Waals surface area (Å²) >= 11 is 0. The van der Waals surface area contributed by atoms with Gasteiger partial charge in [0.05, 0.1) is 13.2 Å². The molecule has 0 amide bonds. The first-order chi connectivity index (χ1) is 4.45. The van der Waals surface area contributed by atoms with E-state index in [-0.39, 0.29) is 25.9 Å². The number of hydrogen-bond acceptors (Lipinski definition) is 4. The third-order valence-corrected chi connectivity index (χ3v) is 1.13. The number of rotatable bonds is 4. The monoisotopic (exact) mass is 198 g/mol. The molecule has 0 aliphatic rings. The Bertz CT molecular complexity index is 142. The van der Waals surface area contributed by atoms with E-state index in [4.69, 9.17) is 20.0 Å². The zero-order valence-corrected chi connectivity index (χ0v) is 8.06. The molecule has 0 aromatic rings. The van der Waals surface area contributed by atoms with Gasteiger partial charge >= 0.3 is 30.9 Å². The van der Waals surface area contributed by atoms with Crippen LogP contribution in [-0.2, 0) is 9.09 Å². The van der Waals surface area contributed by atoms with Crippen molar-refractivity contribution >= 4 is 30.9 Å². The van der Waals surface area contributed by atoms with E-state index in [1.165, 1.54) is 0 Å². The van der Waals surface area contributed by atoms with Crippen molar-refractivity contribution in [2.24, 2.45) is 0 Å². The maximum atomic E-state index is 9.93. The molecule has 0 bridgehead atoms. The van der Waals surface area contributed by atoms with Crippen LogP contribution < -0.4 is 0 Å². The Kier molecular flexibility index (Phi) is 8.24. The van der Waals surface area contributed by atoms with Crippen LogP contribution in [0, 0.1) is 0 Å². The number of aliphatic hydroxyl groups excluding tert-OH is 2. The summed E-state index contributed by atoms with van der Waals surface area (Å²) in [4.78, 5) is 16.1. The second-order valence-electron chi connectivity index (χ2n) is 1.62. The quantitative estimate of drug-likeness (QED) is 0.317. The van der Waals surface area contributed by atoms with Crippen LogP contribution in [0.2, 0.25) is 0 Å². The molecule has 1 unspecified atom stereocenters. The van der Waals surface area contributed by atoms with Gasteiger partial charge in [-0.3, -0.25) is 4.52 Å². The second-order valence-corrected chi connectivity index (χ2v) is 2.86. The summed E-state index contributed by atoms with van der Waals surface area (Å²) < 4.78 is 13.8. The molecule has 0 spiro atoms. The molecule has 8 heteroatoms. The van der Waals surface area contributed by atoms with Crippen molar-refractivity contribution in [1.29, 1.82) is 0 Å². The third-order valence-electron chi connectivity index (χ3n) is 0.646. The zero-order chi connectivity index (χ0) is 8.20. The largest absolute Gasteiger partial charge is 2.00 e. The molecule has 0 saturated carbocycles. The average molecular weight is 198 g/mol. The van der Waals surface area contributed by atoms with E-state index >= 15 is 0 Å². The van der Waals surface area contributed by atoms with Crippen LogP contribution in [0.25, 0.3) is 0 Å². The molecular formula is C3H11MgO6P. The molecule has 66 valence electrons. The van der Waals surface area contributed by atoms with E-state index in [1.807, 2.05) is 0 Å². The van der Waals surface area contributed by atoms with Gasteiger partial charge in [0.15, 0.2) is 0 Å². The fourth-order valence-electron chi connectivity index (χ4n) is 0.236. The minimum Gasteiger partial charge on any atom is -1.00 e. The Morgan fingerprint density at radius 1 is 1.55 bits per heavy atom. The smallest absolute Gasteiger partial charge is 1.00 e. The second kappa shape index (κ2) is 6.33. The van der Waals surface area contributed by atoms with Gasteiger partial charge in [0.25, 0.3) is 0 Å². The van der Waals surface area contributed by atoms with E-state index in [1.54, 1.807) is 0 Å². The van der Waals surface area contributed by atoms with Crippen molar-refractivity contribution in [1.82, 2.24) is 0 Å². The summed E-state index contributed by atoms with van der Waals surface area (Å²) in [5.74, 6) is 0. The summed E-state index contributed by atoms with van der Waals surface area (Å²) in [6.07, 6.45) is -1.24. The fourth-order valence-corrected chi connectivity index (χ4v) is 0.602. The van der Waals surface area contributed by atoms with E-state index < -0.39 is 27.1 Å². The summed E-state index contributed by atoms with van der Waals surface area (Å²) in [5.41, 5.74) is 0. The first-order valence-electron chi connectivity index (χ1n) is 2.44. The van der Waals surface area contributed by atoms with Crippen LogP contribution in [0.5, 0.6) is 0 Å². The summed E-state index contributed by atoms with van der Waals surface area (Å²) in [5, 5.41) is 16.7. The molecule has 0 heterocycles. The molecule has 0 rings (SSSR count). The molecule has 0 aromatic heterocycles. The molecule has 0 aromatic carbocycles. The molecule has 11 heavy (non-hydrogen) atoms. The average Bonchev–Trinajstić information content (AvgIpc) is 1.81. The fraction of sp³-hybridized carbons (Fsp3) is 1.00. The van der Waals surface area contributed by atoms with Crippen molar-refractivity contribution in [3.8, 4) is 0 Å². The van der Waals surface area contributed by atoms with Gasteiger partial charge in [-0.2, -0.15) is 0 Å². The molecular weight excluding hydrogens is 187 g/mol. The van der Waals surface area contributed by atoms with Crippen LogP contribution in [0.1, 0.15) is 2.85 Å². The maximum Gasteiger partial charge on any atom is 2.00 e. The van der Waals surface area contributed by atoms with E-state index in [9.17, 15) is 4.57 Å². The van der Waals surface area contributed by atoms with E-state index in [0.717, 1.165) is 0 Å². The van der Waals surface area contributed by atoms with Gasteiger partial charge in [0.2, 0.25) is 0 Å². The predicted octanol–water partition coefficient (Wildman–Crippen LogP) is -1.71. The van der Waals surface area contributed by atoms with E-state index in [2.05, 4.69) is 4.52 Å². The Labute approximate surface area is 82.5 Å². The van der Waals surface area contributed by atoms with Crippen molar-refractivity contribution in [2.75, 3.05) is 13.2 Å². The predicted molar refractivity (Wildman–Crippen MR) is 39.1 cm³/mol. The Morgan fingerprint density at radius 2 is 2.00 bits per heavy atom. The van der Waals surface area contributed by atoms with Gasteiger partial charge < -0.3 is 22.9 Å². The number of aliphatic hydroxyl groups is 2. The Hall–Kier alpha value is 0.796. The van der Waals surface area contributed by atoms with Crippen molar-refractivity contribution in [2.45, 2.75) is 6.10 Å². The Morgan fingerprint density at radius 3 is 2.27 bits per heavy atom. The van der Waals surface area contributed by atoms with Crippen LogP contribution in [0.15, 0.2) is 0 Å². The minimum atomic E-state index is -4.50. The molecule has 0 fully saturated rings. The van der Waals surface area contributed by atoms with Crippen molar-refractivity contribution in [3.05, 3.63) is 0 Å². The number of phosphoric ester groups is 1. The minimum absolute atomic E-state index is 0. The molecule has 0 saturated heterocycles. The van der Waals surface area contributed by atoms with Gasteiger partial charge in [0, 0.05) is 0 Å². The molecule has 6 nitrogen and oxygen atoms in total. The third kappa shape index (κ3) is 10.8. The van der Waals surface area contributed by atoms with Crippen molar-refractivity contribution in [3.63, 3.8) is 0 Å². The van der Waals surface area contributed by atoms with Crippen LogP contribution in [-0.4, -0.2) is 62.4 Å². The van der Waals surface area contributed by atoms with Gasteiger partial charge in [-0.05, 0) is 0 Å². The Balaban J connectivity index is -0.000000135. The van der Waals surface area contributed by atoms with E-state index in [0.29, 0.717) is 0 Å². The SMILES string of the molecule is O=P(O)(O)OCC(O)CO.[H-].[H-].[Mg+2]. The number of phosphoric acid groups is 1. The summed E-state index contributed by atoms with van der Waals surface area (Å²) in [7, 11) is -4.50. The van der Waals surface area contributed by atoms with Crippen LogP contribution in [0.3, 0.4) is 0 Å². The van der Waals surface area contributed by atoms with Gasteiger partial charge in [0.1, 0.15) is 6.10 Å². The van der Waals surface area contributed by atoms with Gasteiger partial charge in [-0.25, -0.2) is 4.57 Å². The first kappa shape index (κ1) is 14.3. The molecule has 1 atom stereocenters. The van der Waals surface area contributed by atoms with Gasteiger partial charge in [-0.1, -0.05) is 0 Å². The molecule has 4 N–H and O–H groups in total. The number of hydrogen-bond donors (Lipinski definition) is 4. The zero-order valence-electron chi connectivity index (χ0n) is 7.75. The molecule has 0 aliphatic carbocycles. The van der Waals surface area contributed by atoms with Gasteiger partial charge in [-0.15, -0.1) is 0 Å². The van der Waals surface area contributed by atoms with Crippen LogP contribution in [0.4, 0.5) is 0 Å². The standard InChI is InChI=1S/C3H9O6P.Mg.2H/c4-1-3(5)2-9-10(6,7)8;;;/h3-5H,1-2H2,(H2,6,7,8);;;/q;+2;2*-1. The topological polar surface area (TPSA) is 107 Å². The summed E-state index contributed by atoms with van der Waals surface area (Å²) in [6.45, 7) is -1.15. The normalized spacial score (nSPS) is 13.8. The molecule has 0 aliphatic heterocycles. The maximum absolute atomic E-state index is 9.93. The summed E-state index contributed by atoms with van der Waals surface area (Å²) in [6, 6.07) is 0. The van der Waals surface area contributed by atoms with Crippen molar-refractivity contribution < 1.29 is 31.9 Å².